The highest BCUT2D eigenvalue weighted by atomic mass is 35.5. The summed E-state index contributed by atoms with van der Waals surface area (Å²) in [6, 6.07) is 13.2. The molecule has 3 rings (SSSR count). The summed E-state index contributed by atoms with van der Waals surface area (Å²) in [5, 5.41) is 7.56. The number of hydrogen-bond donors (Lipinski definition) is 1. The summed E-state index contributed by atoms with van der Waals surface area (Å²) in [6.07, 6.45) is 0. The average molecular weight is 385 g/mol. The number of carbonyl (C=O) groups is 1. The molecule has 0 fully saturated rings. The Hall–Kier alpha value is -2.70. The van der Waals surface area contributed by atoms with Crippen LogP contribution in [0, 0.1) is 13.8 Å². The van der Waals surface area contributed by atoms with Crippen LogP contribution in [0.1, 0.15) is 17.0 Å². The van der Waals surface area contributed by atoms with Crippen molar-refractivity contribution >= 4 is 23.2 Å². The van der Waals surface area contributed by atoms with E-state index < -0.39 is 0 Å². The van der Waals surface area contributed by atoms with E-state index in [1.807, 2.05) is 56.1 Å². The summed E-state index contributed by atoms with van der Waals surface area (Å²) in [5.41, 5.74) is 3.72. The van der Waals surface area contributed by atoms with Gasteiger partial charge in [0.05, 0.1) is 13.1 Å². The molecule has 0 spiro atoms. The van der Waals surface area contributed by atoms with E-state index >= 15 is 0 Å². The number of halogens is 1. The van der Waals surface area contributed by atoms with Crippen LogP contribution in [0.3, 0.4) is 0 Å². The molecule has 1 heterocycles. The van der Waals surface area contributed by atoms with E-state index in [4.69, 9.17) is 16.1 Å². The van der Waals surface area contributed by atoms with E-state index in [-0.39, 0.29) is 12.5 Å². The average Bonchev–Trinajstić information content (AvgIpc) is 3.06. The Morgan fingerprint density at radius 1 is 1.19 bits per heavy atom. The molecule has 3 aromatic rings. The summed E-state index contributed by atoms with van der Waals surface area (Å²) < 4.78 is 5.29. The van der Waals surface area contributed by atoms with Crippen molar-refractivity contribution in [1.82, 2.24) is 15.0 Å². The summed E-state index contributed by atoms with van der Waals surface area (Å²) in [6.45, 7) is 4.53. The second-order valence-corrected chi connectivity index (χ2v) is 6.95. The zero-order chi connectivity index (χ0) is 19.4. The standard InChI is InChI=1S/C20H21ClN4O2/c1-13-6-4-7-14(2)19(13)22-17(26)11-25(3)12-18-23-20(24-27-18)15-8-5-9-16(21)10-15/h4-10H,11-12H2,1-3H3,(H,22,26). The highest BCUT2D eigenvalue weighted by Crippen LogP contribution is 2.21. The van der Waals surface area contributed by atoms with Crippen LogP contribution in [-0.2, 0) is 11.3 Å². The van der Waals surface area contributed by atoms with Crippen molar-refractivity contribution in [1.29, 1.82) is 0 Å². The van der Waals surface area contributed by atoms with Gasteiger partial charge in [0, 0.05) is 16.3 Å². The smallest absolute Gasteiger partial charge is 0.241 e. The molecule has 0 aliphatic heterocycles. The van der Waals surface area contributed by atoms with Crippen LogP contribution in [0.25, 0.3) is 11.4 Å². The molecule has 6 nitrogen and oxygen atoms in total. The molecule has 140 valence electrons. The molecule has 0 aliphatic carbocycles. The highest BCUT2D eigenvalue weighted by Gasteiger charge is 2.14. The lowest BCUT2D eigenvalue weighted by molar-refractivity contribution is -0.117. The summed E-state index contributed by atoms with van der Waals surface area (Å²) >= 11 is 5.99. The maximum absolute atomic E-state index is 12.3. The molecule has 0 bridgehead atoms. The van der Waals surface area contributed by atoms with Gasteiger partial charge < -0.3 is 9.84 Å². The Morgan fingerprint density at radius 3 is 2.59 bits per heavy atom. The lowest BCUT2D eigenvalue weighted by atomic mass is 10.1. The topological polar surface area (TPSA) is 71.3 Å². The second kappa shape index (κ2) is 8.33. The number of nitrogens with one attached hydrogen (secondary N) is 1. The zero-order valence-electron chi connectivity index (χ0n) is 15.5. The van der Waals surface area contributed by atoms with E-state index in [0.29, 0.717) is 23.3 Å². The van der Waals surface area contributed by atoms with E-state index in [1.165, 1.54) is 0 Å². The monoisotopic (exact) mass is 384 g/mol. The number of para-hydroxylation sites is 1. The second-order valence-electron chi connectivity index (χ2n) is 6.51. The number of likely N-dealkylation sites (N-methyl/N-ethyl adjacent to an activating group) is 1. The third-order valence-corrected chi connectivity index (χ3v) is 4.35. The van der Waals surface area contributed by atoms with Crippen molar-refractivity contribution in [2.75, 3.05) is 18.9 Å². The van der Waals surface area contributed by atoms with Crippen LogP contribution in [-0.4, -0.2) is 34.5 Å². The maximum Gasteiger partial charge on any atom is 0.241 e. The number of aromatic nitrogens is 2. The number of aryl methyl sites for hydroxylation is 2. The third kappa shape index (κ3) is 4.93. The predicted molar refractivity (Wildman–Crippen MR) is 106 cm³/mol. The predicted octanol–water partition coefficient (Wildman–Crippen LogP) is 4.08. The number of carbonyl (C=O) groups excluding carboxylic acids is 1. The van der Waals surface area contributed by atoms with Gasteiger partial charge in [0.2, 0.25) is 17.6 Å². The Bertz CT molecular complexity index is 934. The van der Waals surface area contributed by atoms with Gasteiger partial charge in [-0.25, -0.2) is 0 Å². The molecule has 0 unspecified atom stereocenters. The summed E-state index contributed by atoms with van der Waals surface area (Å²) in [7, 11) is 1.83. The Kier molecular flexibility index (Phi) is 5.88. The molecular weight excluding hydrogens is 364 g/mol. The summed E-state index contributed by atoms with van der Waals surface area (Å²) in [5.74, 6) is 0.817. The molecule has 1 aromatic heterocycles. The van der Waals surface area contributed by atoms with Gasteiger partial charge in [-0.3, -0.25) is 9.69 Å². The van der Waals surface area contributed by atoms with Crippen LogP contribution >= 0.6 is 11.6 Å². The van der Waals surface area contributed by atoms with Crippen LogP contribution in [0.15, 0.2) is 47.0 Å². The van der Waals surface area contributed by atoms with E-state index in [2.05, 4.69) is 15.5 Å². The van der Waals surface area contributed by atoms with E-state index in [9.17, 15) is 4.79 Å². The fraction of sp³-hybridized carbons (Fsp3) is 0.250. The molecule has 2 aromatic carbocycles. The maximum atomic E-state index is 12.3. The van der Waals surface area contributed by atoms with Crippen LogP contribution < -0.4 is 5.32 Å². The van der Waals surface area contributed by atoms with Crippen LogP contribution in [0.5, 0.6) is 0 Å². The Morgan fingerprint density at radius 2 is 1.89 bits per heavy atom. The molecule has 0 atom stereocenters. The molecule has 0 saturated carbocycles. The normalized spacial score (nSPS) is 11.0. The van der Waals surface area contributed by atoms with E-state index in [1.54, 1.807) is 12.1 Å². The van der Waals surface area contributed by atoms with Gasteiger partial charge in [-0.1, -0.05) is 47.1 Å². The zero-order valence-corrected chi connectivity index (χ0v) is 16.2. The van der Waals surface area contributed by atoms with Crippen LogP contribution in [0.4, 0.5) is 5.69 Å². The van der Waals surface area contributed by atoms with Gasteiger partial charge in [0.1, 0.15) is 0 Å². The molecule has 1 amide bonds. The minimum absolute atomic E-state index is 0.0931. The number of anilines is 1. The number of nitrogens with zero attached hydrogens (tertiary/aromatic N) is 3. The first-order valence-electron chi connectivity index (χ1n) is 8.55. The van der Waals surface area contributed by atoms with Gasteiger partial charge in [0.25, 0.3) is 0 Å². The van der Waals surface area contributed by atoms with Gasteiger partial charge in [0.15, 0.2) is 0 Å². The Balaban J connectivity index is 1.59. The lowest BCUT2D eigenvalue weighted by Crippen LogP contribution is -2.30. The summed E-state index contributed by atoms with van der Waals surface area (Å²) in [4.78, 5) is 18.5. The minimum atomic E-state index is -0.0931. The fourth-order valence-corrected chi connectivity index (χ4v) is 2.98. The van der Waals surface area contributed by atoms with Crippen molar-refractivity contribution in [3.8, 4) is 11.4 Å². The Labute approximate surface area is 163 Å². The SMILES string of the molecule is Cc1cccc(C)c1NC(=O)CN(C)Cc1nc(-c2cccc(Cl)c2)no1. The number of amides is 1. The molecule has 0 radical (unpaired) electrons. The van der Waals surface area contributed by atoms with Crippen molar-refractivity contribution in [3.05, 3.63) is 64.5 Å². The van der Waals surface area contributed by atoms with Crippen molar-refractivity contribution < 1.29 is 9.32 Å². The molecule has 0 saturated heterocycles. The molecule has 1 N–H and O–H groups in total. The van der Waals surface area contributed by atoms with Gasteiger partial charge in [-0.15, -0.1) is 0 Å². The van der Waals surface area contributed by atoms with Crippen molar-refractivity contribution in [3.63, 3.8) is 0 Å². The fourth-order valence-electron chi connectivity index (χ4n) is 2.79. The van der Waals surface area contributed by atoms with Gasteiger partial charge in [-0.2, -0.15) is 4.98 Å². The van der Waals surface area contributed by atoms with E-state index in [0.717, 1.165) is 22.4 Å². The highest BCUT2D eigenvalue weighted by molar-refractivity contribution is 6.30. The first kappa shape index (κ1) is 19.1. The molecule has 7 heteroatoms. The number of hydrogen-bond acceptors (Lipinski definition) is 5. The first-order valence-corrected chi connectivity index (χ1v) is 8.93. The van der Waals surface area contributed by atoms with Crippen LogP contribution in [0.2, 0.25) is 5.02 Å². The quantitative estimate of drug-likeness (QED) is 0.693. The largest absolute Gasteiger partial charge is 0.338 e. The molecule has 0 aliphatic rings. The third-order valence-electron chi connectivity index (χ3n) is 4.12. The lowest BCUT2D eigenvalue weighted by Gasteiger charge is -2.16. The minimum Gasteiger partial charge on any atom is -0.338 e. The molecule has 27 heavy (non-hydrogen) atoms. The number of rotatable bonds is 6. The number of benzene rings is 2. The van der Waals surface area contributed by atoms with Gasteiger partial charge >= 0.3 is 0 Å². The first-order chi connectivity index (χ1) is 12.9. The van der Waals surface area contributed by atoms with Crippen molar-refractivity contribution in [2.45, 2.75) is 20.4 Å². The van der Waals surface area contributed by atoms with Gasteiger partial charge in [-0.05, 0) is 44.2 Å². The molecular formula is C20H21ClN4O2. The van der Waals surface area contributed by atoms with Crippen molar-refractivity contribution in [2.24, 2.45) is 0 Å².